The summed E-state index contributed by atoms with van der Waals surface area (Å²) in [5.74, 6) is -0.407. The molecule has 26 heavy (non-hydrogen) atoms. The highest BCUT2D eigenvalue weighted by molar-refractivity contribution is 6.39. The number of nitrogens with one attached hydrogen (secondary N) is 2. The minimum absolute atomic E-state index is 0.412. The van der Waals surface area contributed by atoms with Crippen LogP contribution in [0.2, 0.25) is 0 Å². The molecule has 0 atom stereocenters. The number of hydrogen-bond acceptors (Lipinski definition) is 5. The average molecular weight is 354 g/mol. The largest absolute Gasteiger partial charge is 0.421 e. The maximum absolute atomic E-state index is 12.0. The number of aromatic nitrogens is 2. The summed E-state index contributed by atoms with van der Waals surface area (Å²) in [5.41, 5.74) is 2.64. The molecule has 7 heteroatoms. The Morgan fingerprint density at radius 1 is 1.12 bits per heavy atom. The molecule has 1 aliphatic carbocycles. The highest BCUT2D eigenvalue weighted by Crippen LogP contribution is 2.20. The minimum Gasteiger partial charge on any atom is -0.421 e. The maximum Gasteiger partial charge on any atom is 0.313 e. The fourth-order valence-corrected chi connectivity index (χ4v) is 2.85. The first kappa shape index (κ1) is 17.8. The third-order valence-electron chi connectivity index (χ3n) is 4.24. The van der Waals surface area contributed by atoms with Crippen LogP contribution in [0.5, 0.6) is 0 Å². The van der Waals surface area contributed by atoms with Crippen molar-refractivity contribution >= 4 is 17.5 Å². The summed E-state index contributed by atoms with van der Waals surface area (Å²) >= 11 is 0. The Bertz CT molecular complexity index is 808. The molecule has 1 aromatic carbocycles. The van der Waals surface area contributed by atoms with E-state index >= 15 is 0 Å². The van der Waals surface area contributed by atoms with Gasteiger partial charge in [0.1, 0.15) is 0 Å². The molecule has 2 N–H and O–H groups in total. The smallest absolute Gasteiger partial charge is 0.313 e. The van der Waals surface area contributed by atoms with Crippen molar-refractivity contribution in [3.63, 3.8) is 0 Å². The van der Waals surface area contributed by atoms with Gasteiger partial charge in [-0.05, 0) is 56.4 Å². The summed E-state index contributed by atoms with van der Waals surface area (Å²) in [4.78, 5) is 23.9. The molecule has 3 rings (SSSR count). The maximum atomic E-state index is 12.0. The molecule has 1 heterocycles. The third-order valence-corrected chi connectivity index (χ3v) is 4.24. The fourth-order valence-electron chi connectivity index (χ4n) is 2.85. The first-order valence-electron chi connectivity index (χ1n) is 8.79. The molecule has 7 nitrogen and oxygen atoms in total. The summed E-state index contributed by atoms with van der Waals surface area (Å²) < 4.78 is 5.34. The van der Waals surface area contributed by atoms with Gasteiger partial charge in [-0.2, -0.15) is 0 Å². The van der Waals surface area contributed by atoms with Crippen LogP contribution in [-0.4, -0.2) is 28.6 Å². The van der Waals surface area contributed by atoms with Crippen molar-refractivity contribution in [2.45, 2.75) is 39.0 Å². The Morgan fingerprint density at radius 2 is 1.92 bits per heavy atom. The number of allylic oxidation sites excluding steroid dienone is 1. The lowest BCUT2D eigenvalue weighted by Gasteiger charge is -2.12. The molecule has 0 unspecified atom stereocenters. The Kier molecular flexibility index (Phi) is 5.78. The van der Waals surface area contributed by atoms with E-state index in [0.29, 0.717) is 24.0 Å². The van der Waals surface area contributed by atoms with Crippen molar-refractivity contribution < 1.29 is 14.0 Å². The minimum atomic E-state index is -0.677. The molecule has 2 amide bonds. The van der Waals surface area contributed by atoms with E-state index in [2.05, 4.69) is 26.9 Å². The van der Waals surface area contributed by atoms with Crippen LogP contribution in [0, 0.1) is 6.92 Å². The van der Waals surface area contributed by atoms with Crippen molar-refractivity contribution in [3.05, 3.63) is 41.8 Å². The number of carbonyl (C=O) groups is 2. The summed E-state index contributed by atoms with van der Waals surface area (Å²) in [5, 5.41) is 13.0. The molecule has 1 aliphatic rings. The zero-order valence-corrected chi connectivity index (χ0v) is 14.7. The van der Waals surface area contributed by atoms with Crippen LogP contribution in [0.4, 0.5) is 5.69 Å². The van der Waals surface area contributed by atoms with E-state index in [1.807, 2.05) is 0 Å². The Labute approximate surface area is 151 Å². The second-order valence-electron chi connectivity index (χ2n) is 6.27. The number of hydrogen-bond donors (Lipinski definition) is 2. The van der Waals surface area contributed by atoms with E-state index in [1.165, 1.54) is 18.4 Å². The number of benzene rings is 1. The van der Waals surface area contributed by atoms with Gasteiger partial charge in [0, 0.05) is 24.7 Å². The van der Waals surface area contributed by atoms with E-state index in [1.54, 1.807) is 31.2 Å². The SMILES string of the molecule is Cc1nnc(-c2ccc(NC(=O)C(=O)NCCC3=CCCCC3)cc2)o1. The number of anilines is 1. The summed E-state index contributed by atoms with van der Waals surface area (Å²) in [6.45, 7) is 2.20. The predicted molar refractivity (Wildman–Crippen MR) is 97.3 cm³/mol. The first-order chi connectivity index (χ1) is 12.6. The van der Waals surface area contributed by atoms with Gasteiger partial charge in [0.05, 0.1) is 0 Å². The molecular formula is C19H22N4O3. The van der Waals surface area contributed by atoms with E-state index in [0.717, 1.165) is 24.8 Å². The quantitative estimate of drug-likeness (QED) is 0.635. The highest BCUT2D eigenvalue weighted by atomic mass is 16.4. The monoisotopic (exact) mass is 354 g/mol. The second kappa shape index (κ2) is 8.42. The number of amides is 2. The molecule has 2 aromatic rings. The van der Waals surface area contributed by atoms with Crippen LogP contribution in [0.1, 0.15) is 38.0 Å². The number of aryl methyl sites for hydroxylation is 1. The molecule has 0 radical (unpaired) electrons. The molecular weight excluding hydrogens is 332 g/mol. The summed E-state index contributed by atoms with van der Waals surface area (Å²) in [6, 6.07) is 6.87. The van der Waals surface area contributed by atoms with E-state index in [-0.39, 0.29) is 0 Å². The Balaban J connectivity index is 1.47. The van der Waals surface area contributed by atoms with Crippen LogP contribution >= 0.6 is 0 Å². The highest BCUT2D eigenvalue weighted by Gasteiger charge is 2.14. The zero-order chi connectivity index (χ0) is 18.4. The van der Waals surface area contributed by atoms with Crippen molar-refractivity contribution in [2.75, 3.05) is 11.9 Å². The predicted octanol–water partition coefficient (Wildman–Crippen LogP) is 2.99. The van der Waals surface area contributed by atoms with Gasteiger partial charge < -0.3 is 15.1 Å². The number of nitrogens with zero attached hydrogens (tertiary/aromatic N) is 2. The first-order valence-corrected chi connectivity index (χ1v) is 8.79. The fraction of sp³-hybridized carbons (Fsp3) is 0.368. The molecule has 0 spiro atoms. The Hall–Kier alpha value is -2.96. The average Bonchev–Trinajstić information content (AvgIpc) is 3.09. The summed E-state index contributed by atoms with van der Waals surface area (Å²) in [7, 11) is 0. The molecule has 0 fully saturated rings. The van der Waals surface area contributed by atoms with Crippen LogP contribution in [0.25, 0.3) is 11.5 Å². The van der Waals surface area contributed by atoms with Crippen molar-refractivity contribution in [3.8, 4) is 11.5 Å². The van der Waals surface area contributed by atoms with Gasteiger partial charge in [0.25, 0.3) is 0 Å². The van der Waals surface area contributed by atoms with Gasteiger partial charge in [0.15, 0.2) is 0 Å². The van der Waals surface area contributed by atoms with Gasteiger partial charge in [-0.15, -0.1) is 10.2 Å². The molecule has 0 aliphatic heterocycles. The van der Waals surface area contributed by atoms with Crippen LogP contribution < -0.4 is 10.6 Å². The second-order valence-corrected chi connectivity index (χ2v) is 6.27. The van der Waals surface area contributed by atoms with Crippen molar-refractivity contribution in [2.24, 2.45) is 0 Å². The van der Waals surface area contributed by atoms with Gasteiger partial charge in [0.2, 0.25) is 11.8 Å². The summed E-state index contributed by atoms with van der Waals surface area (Å²) in [6.07, 6.45) is 7.69. The number of rotatable bonds is 5. The third kappa shape index (κ3) is 4.78. The van der Waals surface area contributed by atoms with Gasteiger partial charge >= 0.3 is 11.8 Å². The van der Waals surface area contributed by atoms with Crippen LogP contribution in [-0.2, 0) is 9.59 Å². The lowest BCUT2D eigenvalue weighted by molar-refractivity contribution is -0.136. The van der Waals surface area contributed by atoms with Crippen molar-refractivity contribution in [1.82, 2.24) is 15.5 Å². The van der Waals surface area contributed by atoms with Gasteiger partial charge in [-0.25, -0.2) is 0 Å². The van der Waals surface area contributed by atoms with Crippen molar-refractivity contribution in [1.29, 1.82) is 0 Å². The normalized spacial score (nSPS) is 13.8. The van der Waals surface area contributed by atoms with Gasteiger partial charge in [-0.3, -0.25) is 9.59 Å². The van der Waals surface area contributed by atoms with E-state index in [4.69, 9.17) is 4.42 Å². The molecule has 0 bridgehead atoms. The van der Waals surface area contributed by atoms with Gasteiger partial charge in [-0.1, -0.05) is 11.6 Å². The lowest BCUT2D eigenvalue weighted by atomic mass is 9.97. The van der Waals surface area contributed by atoms with E-state index in [9.17, 15) is 9.59 Å². The topological polar surface area (TPSA) is 97.1 Å². The standard InChI is InChI=1S/C19H22N4O3/c1-13-22-23-19(26-13)15-7-9-16(10-8-15)21-18(25)17(24)20-12-11-14-5-3-2-4-6-14/h5,7-10H,2-4,6,11-12H2,1H3,(H,20,24)(H,21,25). The zero-order valence-electron chi connectivity index (χ0n) is 14.7. The Morgan fingerprint density at radius 3 is 2.58 bits per heavy atom. The number of carbonyl (C=O) groups excluding carboxylic acids is 2. The molecule has 136 valence electrons. The molecule has 0 saturated carbocycles. The lowest BCUT2D eigenvalue weighted by Crippen LogP contribution is -2.36. The van der Waals surface area contributed by atoms with Crippen LogP contribution in [0.15, 0.2) is 40.3 Å². The molecule has 0 saturated heterocycles. The van der Waals surface area contributed by atoms with Crippen LogP contribution in [0.3, 0.4) is 0 Å². The molecule has 1 aromatic heterocycles. The van der Waals surface area contributed by atoms with E-state index < -0.39 is 11.8 Å².